The molecule has 2 aliphatic heterocycles. The van der Waals surface area contributed by atoms with Gasteiger partial charge in [-0.25, -0.2) is 0 Å². The van der Waals surface area contributed by atoms with E-state index in [0.717, 1.165) is 31.0 Å². The normalized spacial score (nSPS) is 28.7. The van der Waals surface area contributed by atoms with Gasteiger partial charge >= 0.3 is 5.97 Å². The Bertz CT molecular complexity index is 559. The van der Waals surface area contributed by atoms with Crippen LogP contribution in [0.1, 0.15) is 25.3 Å². The topological polar surface area (TPSA) is 81.4 Å². The zero-order valence-corrected chi connectivity index (χ0v) is 11.0. The summed E-state index contributed by atoms with van der Waals surface area (Å²) < 4.78 is 7.70. The molecule has 7 heteroatoms. The van der Waals surface area contributed by atoms with Gasteiger partial charge in [0.1, 0.15) is 0 Å². The molecule has 2 bridgehead atoms. The number of ether oxygens (including phenoxy) is 1. The van der Waals surface area contributed by atoms with Crippen molar-refractivity contribution in [3.63, 3.8) is 0 Å². The van der Waals surface area contributed by atoms with Gasteiger partial charge in [0.05, 0.1) is 24.0 Å². The van der Waals surface area contributed by atoms with E-state index in [1.165, 1.54) is 6.07 Å². The van der Waals surface area contributed by atoms with Gasteiger partial charge in [-0.05, 0) is 19.3 Å². The average Bonchev–Trinajstić information content (AvgIpc) is 2.98. The van der Waals surface area contributed by atoms with Gasteiger partial charge in [0, 0.05) is 12.3 Å². The molecule has 102 valence electrons. The zero-order valence-electron chi connectivity index (χ0n) is 10.2. The van der Waals surface area contributed by atoms with E-state index >= 15 is 0 Å². The molecule has 1 aromatic heterocycles. The van der Waals surface area contributed by atoms with Crippen LogP contribution in [0.2, 0.25) is 0 Å². The highest BCUT2D eigenvalue weighted by molar-refractivity contribution is 7.99. The first kappa shape index (κ1) is 12.7. The lowest BCUT2D eigenvalue weighted by Gasteiger charge is -2.23. The SMILES string of the molecule is O=C(O)CSc1nc(=O)ccn1C1CC2CCC1O2. The van der Waals surface area contributed by atoms with Crippen molar-refractivity contribution in [3.8, 4) is 0 Å². The highest BCUT2D eigenvalue weighted by atomic mass is 32.2. The van der Waals surface area contributed by atoms with Crippen LogP contribution < -0.4 is 5.56 Å². The van der Waals surface area contributed by atoms with Crippen molar-refractivity contribution in [1.29, 1.82) is 0 Å². The maximum atomic E-state index is 11.3. The quantitative estimate of drug-likeness (QED) is 0.653. The number of carboxylic acids is 1. The Morgan fingerprint density at radius 1 is 1.58 bits per heavy atom. The van der Waals surface area contributed by atoms with Crippen LogP contribution in [-0.2, 0) is 9.53 Å². The van der Waals surface area contributed by atoms with Crippen LogP contribution >= 0.6 is 11.8 Å². The number of fused-ring (bicyclic) bond motifs is 2. The maximum Gasteiger partial charge on any atom is 0.313 e. The van der Waals surface area contributed by atoms with Crippen molar-refractivity contribution in [2.45, 2.75) is 42.7 Å². The Morgan fingerprint density at radius 3 is 3.05 bits per heavy atom. The van der Waals surface area contributed by atoms with E-state index in [2.05, 4.69) is 4.98 Å². The molecule has 0 amide bonds. The smallest absolute Gasteiger partial charge is 0.313 e. The fraction of sp³-hybridized carbons (Fsp3) is 0.583. The second-order valence-electron chi connectivity index (χ2n) is 4.81. The number of aromatic nitrogens is 2. The first-order chi connectivity index (χ1) is 9.13. The van der Waals surface area contributed by atoms with E-state index in [-0.39, 0.29) is 23.5 Å². The number of thioether (sulfide) groups is 1. The molecule has 3 heterocycles. The average molecular weight is 282 g/mol. The monoisotopic (exact) mass is 282 g/mol. The van der Waals surface area contributed by atoms with Gasteiger partial charge in [0.25, 0.3) is 5.56 Å². The van der Waals surface area contributed by atoms with E-state index < -0.39 is 5.97 Å². The minimum Gasteiger partial charge on any atom is -0.481 e. The van der Waals surface area contributed by atoms with Crippen LogP contribution in [0, 0.1) is 0 Å². The van der Waals surface area contributed by atoms with Crippen molar-refractivity contribution in [1.82, 2.24) is 9.55 Å². The lowest BCUT2D eigenvalue weighted by atomic mass is 9.95. The Kier molecular flexibility index (Phi) is 3.32. The van der Waals surface area contributed by atoms with Gasteiger partial charge in [-0.2, -0.15) is 4.98 Å². The van der Waals surface area contributed by atoms with Gasteiger partial charge < -0.3 is 14.4 Å². The van der Waals surface area contributed by atoms with Crippen molar-refractivity contribution in [2.75, 3.05) is 5.75 Å². The fourth-order valence-corrected chi connectivity index (χ4v) is 3.54. The Balaban J connectivity index is 1.87. The van der Waals surface area contributed by atoms with Crippen LogP contribution in [0.5, 0.6) is 0 Å². The maximum absolute atomic E-state index is 11.3. The molecule has 3 atom stereocenters. The van der Waals surface area contributed by atoms with Crippen LogP contribution in [0.25, 0.3) is 0 Å². The Hall–Kier alpha value is -1.34. The van der Waals surface area contributed by atoms with Gasteiger partial charge in [0.15, 0.2) is 5.16 Å². The molecule has 0 aliphatic carbocycles. The molecule has 19 heavy (non-hydrogen) atoms. The van der Waals surface area contributed by atoms with E-state index in [1.54, 1.807) is 6.20 Å². The summed E-state index contributed by atoms with van der Waals surface area (Å²) in [5.74, 6) is -1.02. The van der Waals surface area contributed by atoms with Gasteiger partial charge in [-0.1, -0.05) is 11.8 Å². The lowest BCUT2D eigenvalue weighted by molar-refractivity contribution is -0.133. The molecule has 2 aliphatic rings. The van der Waals surface area contributed by atoms with Crippen molar-refractivity contribution in [2.24, 2.45) is 0 Å². The van der Waals surface area contributed by atoms with E-state index in [1.807, 2.05) is 4.57 Å². The third-order valence-corrected chi connectivity index (χ3v) is 4.51. The van der Waals surface area contributed by atoms with Crippen molar-refractivity contribution >= 4 is 17.7 Å². The summed E-state index contributed by atoms with van der Waals surface area (Å²) in [6.45, 7) is 0. The molecule has 0 spiro atoms. The van der Waals surface area contributed by atoms with Crippen LogP contribution in [0.3, 0.4) is 0 Å². The number of carboxylic acid groups (broad SMARTS) is 1. The molecule has 0 radical (unpaired) electrons. The van der Waals surface area contributed by atoms with Gasteiger partial charge in [-0.3, -0.25) is 9.59 Å². The molecule has 1 aromatic rings. The highest BCUT2D eigenvalue weighted by Crippen LogP contribution is 2.42. The molecule has 3 rings (SSSR count). The number of aliphatic carboxylic acids is 1. The van der Waals surface area contributed by atoms with E-state index in [4.69, 9.17) is 9.84 Å². The summed E-state index contributed by atoms with van der Waals surface area (Å²) in [5.41, 5.74) is -0.340. The molecule has 0 aromatic carbocycles. The number of rotatable bonds is 4. The lowest BCUT2D eigenvalue weighted by Crippen LogP contribution is -2.25. The molecule has 1 N–H and O–H groups in total. The molecule has 2 saturated heterocycles. The second-order valence-corrected chi connectivity index (χ2v) is 5.76. The van der Waals surface area contributed by atoms with Crippen LogP contribution in [0.15, 0.2) is 22.2 Å². The van der Waals surface area contributed by atoms with Crippen molar-refractivity contribution < 1.29 is 14.6 Å². The summed E-state index contributed by atoms with van der Waals surface area (Å²) in [6, 6.07) is 1.58. The standard InChI is InChI=1S/C12H14N2O4S/c15-10-3-4-14(12(13-10)19-6-11(16)17)8-5-7-1-2-9(8)18-7/h3-4,7-9H,1-2,5-6H2,(H,16,17). The van der Waals surface area contributed by atoms with Crippen LogP contribution in [-0.4, -0.2) is 38.6 Å². The fourth-order valence-electron chi connectivity index (χ4n) is 2.79. The number of nitrogens with zero attached hydrogens (tertiary/aromatic N) is 2. The number of hydrogen-bond donors (Lipinski definition) is 1. The first-order valence-corrected chi connectivity index (χ1v) is 7.21. The van der Waals surface area contributed by atoms with Gasteiger partial charge in [0.2, 0.25) is 0 Å². The minimum atomic E-state index is -0.918. The Labute approximate surface area is 113 Å². The van der Waals surface area contributed by atoms with Gasteiger partial charge in [-0.15, -0.1) is 0 Å². The van der Waals surface area contributed by atoms with E-state index in [9.17, 15) is 9.59 Å². The molecule has 3 unspecified atom stereocenters. The highest BCUT2D eigenvalue weighted by Gasteiger charge is 2.42. The molecular formula is C12H14N2O4S. The first-order valence-electron chi connectivity index (χ1n) is 6.23. The summed E-state index contributed by atoms with van der Waals surface area (Å²) in [4.78, 5) is 25.9. The Morgan fingerprint density at radius 2 is 2.42 bits per heavy atom. The summed E-state index contributed by atoms with van der Waals surface area (Å²) in [6.07, 6.45) is 5.19. The predicted octanol–water partition coefficient (Wildman–Crippen LogP) is 0.912. The number of carbonyl (C=O) groups is 1. The van der Waals surface area contributed by atoms with E-state index in [0.29, 0.717) is 11.3 Å². The molecule has 2 fully saturated rings. The third-order valence-electron chi connectivity index (χ3n) is 3.56. The molecule has 6 nitrogen and oxygen atoms in total. The molecular weight excluding hydrogens is 268 g/mol. The predicted molar refractivity (Wildman–Crippen MR) is 68.4 cm³/mol. The van der Waals surface area contributed by atoms with Crippen molar-refractivity contribution in [3.05, 3.63) is 22.6 Å². The minimum absolute atomic E-state index is 0.0991. The molecule has 0 saturated carbocycles. The van der Waals surface area contributed by atoms with Crippen LogP contribution in [0.4, 0.5) is 0 Å². The zero-order chi connectivity index (χ0) is 13.4. The summed E-state index contributed by atoms with van der Waals surface area (Å²) in [7, 11) is 0. The number of hydrogen-bond acceptors (Lipinski definition) is 5. The summed E-state index contributed by atoms with van der Waals surface area (Å²) in [5, 5.41) is 9.21. The third kappa shape index (κ3) is 2.52. The summed E-state index contributed by atoms with van der Waals surface area (Å²) >= 11 is 1.08. The largest absolute Gasteiger partial charge is 0.481 e. The second kappa shape index (κ2) is 4.97.